The molecule has 0 aliphatic heterocycles. The van der Waals surface area contributed by atoms with Crippen molar-refractivity contribution in [1.82, 2.24) is 0 Å². The Morgan fingerprint density at radius 3 is 2.86 bits per heavy atom. The van der Waals surface area contributed by atoms with Crippen LogP contribution in [0.15, 0.2) is 4.99 Å². The lowest BCUT2D eigenvalue weighted by molar-refractivity contribution is 0.197. The summed E-state index contributed by atoms with van der Waals surface area (Å²) in [4.78, 5) is 3.64. The second kappa shape index (κ2) is 5.63. The van der Waals surface area contributed by atoms with E-state index in [0.29, 0.717) is 0 Å². The first-order chi connectivity index (χ1) is 3.41. The second-order valence-corrected chi connectivity index (χ2v) is 1.29. The number of hydrogen-bond donors (Lipinski definition) is 0. The van der Waals surface area contributed by atoms with E-state index in [0.717, 1.165) is 19.6 Å². The first-order valence-corrected chi connectivity index (χ1v) is 2.33. The van der Waals surface area contributed by atoms with Crippen molar-refractivity contribution in [2.45, 2.75) is 6.42 Å². The largest absolute Gasteiger partial charge is 0.385 e. The molecule has 0 aromatic heterocycles. The topological polar surface area (TPSA) is 21.6 Å². The van der Waals surface area contributed by atoms with Crippen molar-refractivity contribution < 1.29 is 4.74 Å². The quantitative estimate of drug-likeness (QED) is 0.378. The van der Waals surface area contributed by atoms with Crippen LogP contribution in [0.1, 0.15) is 6.42 Å². The minimum atomic E-state index is 0.791. The summed E-state index contributed by atoms with van der Waals surface area (Å²) in [6.45, 7) is 4.93. The molecule has 0 atom stereocenters. The molecule has 0 rings (SSSR count). The van der Waals surface area contributed by atoms with Crippen molar-refractivity contribution in [2.24, 2.45) is 4.99 Å². The van der Waals surface area contributed by atoms with Crippen LogP contribution in [0.2, 0.25) is 0 Å². The smallest absolute Gasteiger partial charge is 0.0479 e. The Morgan fingerprint density at radius 1 is 1.71 bits per heavy atom. The highest BCUT2D eigenvalue weighted by atomic mass is 16.5. The van der Waals surface area contributed by atoms with Crippen molar-refractivity contribution in [3.63, 3.8) is 0 Å². The first-order valence-electron chi connectivity index (χ1n) is 2.33. The molecule has 0 amide bonds. The Labute approximate surface area is 44.2 Å². The predicted octanol–water partition coefficient (Wildman–Crippen LogP) is 0.724. The van der Waals surface area contributed by atoms with Crippen molar-refractivity contribution in [3.05, 3.63) is 0 Å². The molecule has 0 saturated carbocycles. The van der Waals surface area contributed by atoms with Crippen LogP contribution in [0.4, 0.5) is 0 Å². The predicted molar refractivity (Wildman–Crippen MR) is 30.9 cm³/mol. The van der Waals surface area contributed by atoms with Gasteiger partial charge in [0.1, 0.15) is 0 Å². The van der Waals surface area contributed by atoms with E-state index in [-0.39, 0.29) is 0 Å². The van der Waals surface area contributed by atoms with Gasteiger partial charge in [0.2, 0.25) is 0 Å². The van der Waals surface area contributed by atoms with Crippen molar-refractivity contribution in [1.29, 1.82) is 0 Å². The van der Waals surface area contributed by atoms with Gasteiger partial charge in [-0.15, -0.1) is 0 Å². The summed E-state index contributed by atoms with van der Waals surface area (Å²) in [5.74, 6) is 0. The second-order valence-electron chi connectivity index (χ2n) is 1.29. The van der Waals surface area contributed by atoms with Gasteiger partial charge in [0, 0.05) is 20.3 Å². The zero-order valence-corrected chi connectivity index (χ0v) is 4.68. The van der Waals surface area contributed by atoms with Crippen LogP contribution in [0.25, 0.3) is 0 Å². The Balaban J connectivity index is 2.56. The molecule has 42 valence electrons. The van der Waals surface area contributed by atoms with E-state index in [9.17, 15) is 0 Å². The molecule has 0 radical (unpaired) electrons. The molecule has 2 heteroatoms. The number of hydrogen-bond acceptors (Lipinski definition) is 2. The van der Waals surface area contributed by atoms with Gasteiger partial charge in [0.15, 0.2) is 0 Å². The van der Waals surface area contributed by atoms with E-state index in [4.69, 9.17) is 4.74 Å². The number of nitrogens with zero attached hydrogens (tertiary/aromatic N) is 1. The molecule has 0 aliphatic rings. The molecule has 0 heterocycles. The molecule has 0 aromatic carbocycles. The first kappa shape index (κ1) is 6.63. The SMILES string of the molecule is C=NCCCOC. The maximum atomic E-state index is 4.76. The monoisotopic (exact) mass is 101 g/mol. The zero-order valence-electron chi connectivity index (χ0n) is 4.68. The molecular formula is C5H11NO. The van der Waals surface area contributed by atoms with Crippen molar-refractivity contribution >= 4 is 6.72 Å². The molecule has 0 N–H and O–H groups in total. The lowest BCUT2D eigenvalue weighted by Gasteiger charge is -1.90. The lowest BCUT2D eigenvalue weighted by Crippen LogP contribution is -1.89. The number of aliphatic imine (C=N–C) groups is 1. The fourth-order valence-corrected chi connectivity index (χ4v) is 0.321. The molecule has 2 nitrogen and oxygen atoms in total. The minimum Gasteiger partial charge on any atom is -0.385 e. The standard InChI is InChI=1S/C5H11NO/c1-6-4-3-5-7-2/h1,3-5H2,2H3. The molecule has 0 saturated heterocycles. The summed E-state index contributed by atoms with van der Waals surface area (Å²) in [6, 6.07) is 0. The number of methoxy groups -OCH3 is 1. The maximum Gasteiger partial charge on any atom is 0.0479 e. The van der Waals surface area contributed by atoms with Gasteiger partial charge in [-0.25, -0.2) is 0 Å². The molecule has 0 bridgehead atoms. The van der Waals surface area contributed by atoms with E-state index in [1.54, 1.807) is 7.11 Å². The van der Waals surface area contributed by atoms with Gasteiger partial charge in [-0.3, -0.25) is 0 Å². The normalized spacial score (nSPS) is 8.71. The summed E-state index contributed by atoms with van der Waals surface area (Å²) in [5, 5.41) is 0. The molecule has 7 heavy (non-hydrogen) atoms. The Hall–Kier alpha value is -0.370. The van der Waals surface area contributed by atoms with Gasteiger partial charge < -0.3 is 9.73 Å². The summed E-state index contributed by atoms with van der Waals surface area (Å²) in [5.41, 5.74) is 0. The van der Waals surface area contributed by atoms with E-state index < -0.39 is 0 Å². The maximum absolute atomic E-state index is 4.76. The van der Waals surface area contributed by atoms with Gasteiger partial charge in [-0.1, -0.05) is 0 Å². The minimum absolute atomic E-state index is 0.791. The van der Waals surface area contributed by atoms with Crippen molar-refractivity contribution in [2.75, 3.05) is 20.3 Å². The highest BCUT2D eigenvalue weighted by Gasteiger charge is 1.77. The van der Waals surface area contributed by atoms with Crippen LogP contribution < -0.4 is 0 Å². The third kappa shape index (κ3) is 5.63. The summed E-state index contributed by atoms with van der Waals surface area (Å²) in [6.07, 6.45) is 0.986. The lowest BCUT2D eigenvalue weighted by atomic mass is 10.5. The van der Waals surface area contributed by atoms with E-state index >= 15 is 0 Å². The van der Waals surface area contributed by atoms with Crippen LogP contribution in [-0.2, 0) is 4.74 Å². The van der Waals surface area contributed by atoms with E-state index in [1.165, 1.54) is 0 Å². The van der Waals surface area contributed by atoms with Crippen LogP contribution in [-0.4, -0.2) is 27.0 Å². The van der Waals surface area contributed by atoms with Crippen LogP contribution >= 0.6 is 0 Å². The van der Waals surface area contributed by atoms with Gasteiger partial charge in [-0.05, 0) is 13.1 Å². The Bertz CT molecular complexity index is 45.3. The van der Waals surface area contributed by atoms with Gasteiger partial charge in [-0.2, -0.15) is 0 Å². The van der Waals surface area contributed by atoms with Crippen LogP contribution in [0, 0.1) is 0 Å². The molecule has 0 aromatic rings. The average molecular weight is 101 g/mol. The average Bonchev–Trinajstić information content (AvgIpc) is 1.69. The highest BCUT2D eigenvalue weighted by Crippen LogP contribution is 1.77. The van der Waals surface area contributed by atoms with E-state index in [2.05, 4.69) is 11.7 Å². The third-order valence-corrected chi connectivity index (χ3v) is 0.665. The molecule has 0 unspecified atom stereocenters. The fourth-order valence-electron chi connectivity index (χ4n) is 0.321. The van der Waals surface area contributed by atoms with Crippen LogP contribution in [0.5, 0.6) is 0 Å². The highest BCUT2D eigenvalue weighted by molar-refractivity contribution is 5.22. The van der Waals surface area contributed by atoms with Crippen molar-refractivity contribution in [3.8, 4) is 0 Å². The third-order valence-electron chi connectivity index (χ3n) is 0.665. The number of rotatable bonds is 4. The molecule has 0 spiro atoms. The van der Waals surface area contributed by atoms with Gasteiger partial charge >= 0.3 is 0 Å². The summed E-state index contributed by atoms with van der Waals surface area (Å²) in [7, 11) is 1.68. The van der Waals surface area contributed by atoms with Crippen LogP contribution in [0.3, 0.4) is 0 Å². The Morgan fingerprint density at radius 2 is 2.43 bits per heavy atom. The zero-order chi connectivity index (χ0) is 5.54. The summed E-state index contributed by atoms with van der Waals surface area (Å²) < 4.78 is 4.76. The fraction of sp³-hybridized carbons (Fsp3) is 0.800. The molecule has 0 fully saturated rings. The number of ether oxygens (including phenoxy) is 1. The van der Waals surface area contributed by atoms with Gasteiger partial charge in [0.25, 0.3) is 0 Å². The molecule has 0 aliphatic carbocycles. The van der Waals surface area contributed by atoms with Gasteiger partial charge in [0.05, 0.1) is 0 Å². The Kier molecular flexibility index (Phi) is 5.33. The molecular weight excluding hydrogens is 90.1 g/mol. The van der Waals surface area contributed by atoms with E-state index in [1.807, 2.05) is 0 Å². The summed E-state index contributed by atoms with van der Waals surface area (Å²) >= 11 is 0.